The highest BCUT2D eigenvalue weighted by Gasteiger charge is 2.34. The van der Waals surface area contributed by atoms with Crippen molar-refractivity contribution in [1.82, 2.24) is 9.55 Å². The number of imidazole rings is 1. The van der Waals surface area contributed by atoms with Crippen molar-refractivity contribution in [1.29, 1.82) is 0 Å². The van der Waals surface area contributed by atoms with Gasteiger partial charge in [0.1, 0.15) is 11.6 Å². The molecule has 1 heterocycles. The SMILES string of the molecule is COc1ccc(C)c(-c2ccc(-n3ccnc3-c3ccccc3C(F)(F)F)cc2)c1. The number of aryl methyl sites for hydroxylation is 1. The summed E-state index contributed by atoms with van der Waals surface area (Å²) in [5, 5.41) is 0. The number of rotatable bonds is 4. The van der Waals surface area contributed by atoms with E-state index < -0.39 is 11.7 Å². The maximum Gasteiger partial charge on any atom is 0.417 e. The Balaban J connectivity index is 1.75. The molecule has 1 aromatic heterocycles. The van der Waals surface area contributed by atoms with Crippen LogP contribution in [0.3, 0.4) is 0 Å². The number of hydrogen-bond acceptors (Lipinski definition) is 2. The Hall–Kier alpha value is -3.54. The van der Waals surface area contributed by atoms with Crippen LogP contribution in [0, 0.1) is 6.92 Å². The summed E-state index contributed by atoms with van der Waals surface area (Å²) in [6.45, 7) is 2.02. The van der Waals surface area contributed by atoms with E-state index in [-0.39, 0.29) is 11.4 Å². The molecule has 30 heavy (non-hydrogen) atoms. The second kappa shape index (κ2) is 7.71. The van der Waals surface area contributed by atoms with E-state index in [4.69, 9.17) is 4.74 Å². The van der Waals surface area contributed by atoms with Crippen LogP contribution in [0.1, 0.15) is 11.1 Å². The summed E-state index contributed by atoms with van der Waals surface area (Å²) in [6.07, 6.45) is -1.29. The van der Waals surface area contributed by atoms with Gasteiger partial charge in [-0.25, -0.2) is 4.98 Å². The number of halogens is 3. The van der Waals surface area contributed by atoms with Crippen molar-refractivity contribution in [2.45, 2.75) is 13.1 Å². The summed E-state index contributed by atoms with van der Waals surface area (Å²) < 4.78 is 47.4. The third kappa shape index (κ3) is 3.68. The summed E-state index contributed by atoms with van der Waals surface area (Å²) >= 11 is 0. The van der Waals surface area contributed by atoms with E-state index in [1.165, 1.54) is 18.3 Å². The topological polar surface area (TPSA) is 27.1 Å². The molecule has 0 atom stereocenters. The van der Waals surface area contributed by atoms with Gasteiger partial charge in [0.25, 0.3) is 0 Å². The molecule has 6 heteroatoms. The lowest BCUT2D eigenvalue weighted by Gasteiger charge is -2.15. The highest BCUT2D eigenvalue weighted by atomic mass is 19.4. The first-order valence-electron chi connectivity index (χ1n) is 9.34. The van der Waals surface area contributed by atoms with Gasteiger partial charge >= 0.3 is 6.18 Å². The lowest BCUT2D eigenvalue weighted by molar-refractivity contribution is -0.137. The molecule has 0 saturated heterocycles. The molecule has 0 bridgehead atoms. The molecule has 3 nitrogen and oxygen atoms in total. The second-order valence-corrected chi connectivity index (χ2v) is 6.89. The van der Waals surface area contributed by atoms with Crippen molar-refractivity contribution in [3.05, 3.63) is 90.3 Å². The molecule has 0 fully saturated rings. The quantitative estimate of drug-likeness (QED) is 0.383. The van der Waals surface area contributed by atoms with Gasteiger partial charge in [-0.2, -0.15) is 13.2 Å². The normalized spacial score (nSPS) is 11.5. The number of benzene rings is 3. The molecule has 0 saturated carbocycles. The molecule has 0 unspecified atom stereocenters. The molecule has 0 aliphatic heterocycles. The molecule has 0 spiro atoms. The third-order valence-electron chi connectivity index (χ3n) is 5.02. The Kier molecular flexibility index (Phi) is 5.08. The molecule has 4 aromatic rings. The first-order chi connectivity index (χ1) is 14.4. The lowest BCUT2D eigenvalue weighted by atomic mass is 10.00. The van der Waals surface area contributed by atoms with Crippen LogP contribution in [0.4, 0.5) is 13.2 Å². The number of nitrogens with zero attached hydrogens (tertiary/aromatic N) is 2. The zero-order valence-corrected chi connectivity index (χ0v) is 16.4. The summed E-state index contributed by atoms with van der Waals surface area (Å²) in [4.78, 5) is 4.20. The van der Waals surface area contributed by atoms with Gasteiger partial charge in [-0.3, -0.25) is 4.57 Å². The molecule has 0 radical (unpaired) electrons. The number of alkyl halides is 3. The van der Waals surface area contributed by atoms with E-state index in [9.17, 15) is 13.2 Å². The largest absolute Gasteiger partial charge is 0.497 e. The van der Waals surface area contributed by atoms with E-state index in [1.54, 1.807) is 23.9 Å². The van der Waals surface area contributed by atoms with Crippen LogP contribution in [0.5, 0.6) is 5.75 Å². The van der Waals surface area contributed by atoms with Crippen LogP contribution in [0.2, 0.25) is 0 Å². The highest BCUT2D eigenvalue weighted by Crippen LogP contribution is 2.37. The van der Waals surface area contributed by atoms with Gasteiger partial charge in [0.2, 0.25) is 0 Å². The Labute approximate surface area is 172 Å². The Morgan fingerprint density at radius 1 is 0.900 bits per heavy atom. The van der Waals surface area contributed by atoms with Crippen molar-refractivity contribution in [2.75, 3.05) is 7.11 Å². The maximum absolute atomic E-state index is 13.5. The summed E-state index contributed by atoms with van der Waals surface area (Å²) in [7, 11) is 1.62. The average molecular weight is 408 g/mol. The van der Waals surface area contributed by atoms with E-state index in [0.717, 1.165) is 34.2 Å². The minimum atomic E-state index is -4.46. The fraction of sp³-hybridized carbons (Fsp3) is 0.125. The maximum atomic E-state index is 13.5. The van der Waals surface area contributed by atoms with Crippen LogP contribution in [-0.2, 0) is 6.18 Å². The van der Waals surface area contributed by atoms with Gasteiger partial charge in [-0.15, -0.1) is 0 Å². The molecular weight excluding hydrogens is 389 g/mol. The molecule has 152 valence electrons. The Morgan fingerprint density at radius 2 is 1.63 bits per heavy atom. The number of aromatic nitrogens is 2. The summed E-state index contributed by atoms with van der Waals surface area (Å²) in [6, 6.07) is 19.0. The van der Waals surface area contributed by atoms with Crippen LogP contribution in [-0.4, -0.2) is 16.7 Å². The number of hydrogen-bond donors (Lipinski definition) is 0. The van der Waals surface area contributed by atoms with Crippen LogP contribution in [0.25, 0.3) is 28.2 Å². The first-order valence-corrected chi connectivity index (χ1v) is 9.34. The molecule has 0 aliphatic rings. The zero-order valence-electron chi connectivity index (χ0n) is 16.4. The molecule has 0 aliphatic carbocycles. The summed E-state index contributed by atoms with van der Waals surface area (Å²) in [5.41, 5.74) is 3.19. The summed E-state index contributed by atoms with van der Waals surface area (Å²) in [5.74, 6) is 1.01. The standard InChI is InChI=1S/C24H19F3N2O/c1-16-7-12-19(30-2)15-21(16)17-8-10-18(11-9-17)29-14-13-28-23(29)20-5-3-4-6-22(20)24(25,26)27/h3-15H,1-2H3. The zero-order chi connectivity index (χ0) is 21.3. The van der Waals surface area contributed by atoms with E-state index >= 15 is 0 Å². The van der Waals surface area contributed by atoms with Gasteiger partial charge in [0, 0.05) is 23.6 Å². The molecule has 3 aromatic carbocycles. The minimum Gasteiger partial charge on any atom is -0.497 e. The lowest BCUT2D eigenvalue weighted by Crippen LogP contribution is -2.08. The minimum absolute atomic E-state index is 0.0442. The first kappa shape index (κ1) is 19.8. The fourth-order valence-corrected chi connectivity index (χ4v) is 3.48. The van der Waals surface area contributed by atoms with Crippen molar-refractivity contribution >= 4 is 0 Å². The van der Waals surface area contributed by atoms with Crippen molar-refractivity contribution in [3.8, 4) is 34.0 Å². The molecular formula is C24H19F3N2O. The molecule has 4 rings (SSSR count). The van der Waals surface area contributed by atoms with E-state index in [1.807, 2.05) is 49.4 Å². The highest BCUT2D eigenvalue weighted by molar-refractivity contribution is 5.70. The van der Waals surface area contributed by atoms with Gasteiger partial charge < -0.3 is 4.74 Å². The van der Waals surface area contributed by atoms with Crippen molar-refractivity contribution < 1.29 is 17.9 Å². The Morgan fingerprint density at radius 3 is 2.33 bits per heavy atom. The molecule has 0 amide bonds. The van der Waals surface area contributed by atoms with Crippen LogP contribution in [0.15, 0.2) is 79.1 Å². The predicted octanol–water partition coefficient (Wildman–Crippen LogP) is 6.54. The van der Waals surface area contributed by atoms with Gasteiger partial charge in [0.05, 0.1) is 12.7 Å². The van der Waals surface area contributed by atoms with E-state index in [0.29, 0.717) is 0 Å². The van der Waals surface area contributed by atoms with E-state index in [2.05, 4.69) is 4.98 Å². The van der Waals surface area contributed by atoms with Crippen molar-refractivity contribution in [3.63, 3.8) is 0 Å². The predicted molar refractivity (Wildman–Crippen MR) is 111 cm³/mol. The average Bonchev–Trinajstić information content (AvgIpc) is 3.23. The molecule has 0 N–H and O–H groups in total. The van der Waals surface area contributed by atoms with Crippen LogP contribution >= 0.6 is 0 Å². The fourth-order valence-electron chi connectivity index (χ4n) is 3.48. The third-order valence-corrected chi connectivity index (χ3v) is 5.02. The van der Waals surface area contributed by atoms with Gasteiger partial charge in [-0.05, 0) is 53.9 Å². The van der Waals surface area contributed by atoms with Crippen LogP contribution < -0.4 is 4.74 Å². The Bertz CT molecular complexity index is 1180. The number of ether oxygens (including phenoxy) is 1. The number of methoxy groups -OCH3 is 1. The monoisotopic (exact) mass is 408 g/mol. The van der Waals surface area contributed by atoms with Gasteiger partial charge in [0.15, 0.2) is 0 Å². The smallest absolute Gasteiger partial charge is 0.417 e. The van der Waals surface area contributed by atoms with Crippen molar-refractivity contribution in [2.24, 2.45) is 0 Å². The second-order valence-electron chi connectivity index (χ2n) is 6.89. The van der Waals surface area contributed by atoms with Gasteiger partial charge in [-0.1, -0.05) is 36.4 Å².